The fraction of sp³-hybridized carbons (Fsp3) is 0.111. The number of para-hydroxylation sites is 1. The van der Waals surface area contributed by atoms with Crippen molar-refractivity contribution >= 4 is 34.5 Å². The van der Waals surface area contributed by atoms with E-state index in [9.17, 15) is 0 Å². The van der Waals surface area contributed by atoms with Gasteiger partial charge in [0, 0.05) is 32.9 Å². The van der Waals surface area contributed by atoms with Gasteiger partial charge in [-0.25, -0.2) is 4.98 Å². The molecule has 0 spiro atoms. The largest absolute Gasteiger partial charge is 0.303 e. The Labute approximate surface area is 143 Å². The molecule has 2 aromatic heterocycles. The van der Waals surface area contributed by atoms with Crippen LogP contribution in [-0.4, -0.2) is 15.8 Å². The van der Waals surface area contributed by atoms with E-state index in [0.29, 0.717) is 0 Å². The van der Waals surface area contributed by atoms with Crippen LogP contribution in [0.25, 0.3) is 5.82 Å². The first-order valence-corrected chi connectivity index (χ1v) is 8.13. The fourth-order valence-electron chi connectivity index (χ4n) is 2.45. The van der Waals surface area contributed by atoms with Crippen LogP contribution in [0.5, 0.6) is 0 Å². The Hall–Kier alpha value is -1.95. The first-order chi connectivity index (χ1) is 10.7. The summed E-state index contributed by atoms with van der Waals surface area (Å²) in [4.78, 5) is 9.05. The highest BCUT2D eigenvalue weighted by Crippen LogP contribution is 2.22. The van der Waals surface area contributed by atoms with E-state index in [4.69, 9.17) is 0 Å². The molecule has 110 valence electrons. The molecular formula is C18H16IN3. The Bertz CT molecular complexity index is 820. The van der Waals surface area contributed by atoms with Crippen molar-refractivity contribution in [3.05, 3.63) is 75.2 Å². The number of hydrogen-bond donors (Lipinski definition) is 0. The molecule has 0 radical (unpaired) electrons. The average Bonchev–Trinajstić information content (AvgIpc) is 2.81. The van der Waals surface area contributed by atoms with Crippen LogP contribution in [-0.2, 0) is 0 Å². The molecule has 0 amide bonds. The number of aromatic nitrogens is 2. The molecule has 0 aliphatic carbocycles. The maximum Gasteiger partial charge on any atom is 0.136 e. The predicted molar refractivity (Wildman–Crippen MR) is 99.5 cm³/mol. The minimum atomic E-state index is 0.937. The number of pyridine rings is 1. The normalized spacial score (nSPS) is 11.2. The monoisotopic (exact) mass is 401 g/mol. The number of halogens is 1. The van der Waals surface area contributed by atoms with Crippen LogP contribution in [0.2, 0.25) is 0 Å². The molecular weight excluding hydrogens is 385 g/mol. The van der Waals surface area contributed by atoms with Gasteiger partial charge in [0.1, 0.15) is 5.82 Å². The minimum absolute atomic E-state index is 0.937. The topological polar surface area (TPSA) is 30.2 Å². The van der Waals surface area contributed by atoms with Gasteiger partial charge in [-0.1, -0.05) is 18.2 Å². The van der Waals surface area contributed by atoms with Crippen LogP contribution in [0.4, 0.5) is 5.69 Å². The molecule has 3 rings (SSSR count). The summed E-state index contributed by atoms with van der Waals surface area (Å²) in [5.41, 5.74) is 4.40. The number of aryl methyl sites for hydroxylation is 1. The van der Waals surface area contributed by atoms with Crippen molar-refractivity contribution in [1.29, 1.82) is 0 Å². The number of benzene rings is 1. The quantitative estimate of drug-likeness (QED) is 0.456. The van der Waals surface area contributed by atoms with Gasteiger partial charge in [-0.15, -0.1) is 0 Å². The van der Waals surface area contributed by atoms with Crippen LogP contribution in [0.3, 0.4) is 0 Å². The highest BCUT2D eigenvalue weighted by molar-refractivity contribution is 14.1. The molecule has 2 heterocycles. The zero-order valence-electron chi connectivity index (χ0n) is 12.5. The van der Waals surface area contributed by atoms with Gasteiger partial charge in [0.15, 0.2) is 0 Å². The lowest BCUT2D eigenvalue weighted by atomic mass is 10.2. The van der Waals surface area contributed by atoms with Gasteiger partial charge >= 0.3 is 0 Å². The van der Waals surface area contributed by atoms with Crippen molar-refractivity contribution in [3.8, 4) is 5.82 Å². The standard InChI is InChI=1S/C18H16IN3/c1-13-11-15(12-21-17-8-4-3-7-16(17)19)14(2)22(13)18-9-5-6-10-20-18/h3-12H,1-2H3. The SMILES string of the molecule is Cc1cc(C=Nc2ccccc2I)c(C)n1-c1ccccn1. The van der Waals surface area contributed by atoms with Gasteiger partial charge in [0.2, 0.25) is 0 Å². The Kier molecular flexibility index (Phi) is 4.38. The summed E-state index contributed by atoms with van der Waals surface area (Å²) in [5.74, 6) is 0.937. The Morgan fingerprint density at radius 2 is 1.86 bits per heavy atom. The minimum Gasteiger partial charge on any atom is -0.303 e. The lowest BCUT2D eigenvalue weighted by Gasteiger charge is -2.07. The highest BCUT2D eigenvalue weighted by atomic mass is 127. The van der Waals surface area contributed by atoms with E-state index < -0.39 is 0 Å². The summed E-state index contributed by atoms with van der Waals surface area (Å²) in [6.07, 6.45) is 3.74. The van der Waals surface area contributed by atoms with E-state index in [1.165, 1.54) is 0 Å². The Morgan fingerprint density at radius 3 is 2.59 bits per heavy atom. The zero-order chi connectivity index (χ0) is 15.5. The molecule has 0 saturated carbocycles. The number of nitrogens with zero attached hydrogens (tertiary/aromatic N) is 3. The fourth-order valence-corrected chi connectivity index (χ4v) is 2.98. The summed E-state index contributed by atoms with van der Waals surface area (Å²) in [6, 6.07) is 16.2. The van der Waals surface area contributed by atoms with Crippen LogP contribution in [0.1, 0.15) is 17.0 Å². The molecule has 3 nitrogen and oxygen atoms in total. The molecule has 0 saturated heterocycles. The van der Waals surface area contributed by atoms with Crippen molar-refractivity contribution in [2.24, 2.45) is 4.99 Å². The summed E-state index contributed by atoms with van der Waals surface area (Å²) in [7, 11) is 0. The van der Waals surface area contributed by atoms with E-state index in [1.807, 2.05) is 48.8 Å². The second kappa shape index (κ2) is 6.44. The number of rotatable bonds is 3. The van der Waals surface area contributed by atoms with Crippen LogP contribution in [0.15, 0.2) is 59.7 Å². The molecule has 0 N–H and O–H groups in total. The molecule has 4 heteroatoms. The molecule has 0 atom stereocenters. The second-order valence-electron chi connectivity index (χ2n) is 5.06. The lowest BCUT2D eigenvalue weighted by Crippen LogP contribution is -2.01. The van der Waals surface area contributed by atoms with E-state index >= 15 is 0 Å². The van der Waals surface area contributed by atoms with Crippen molar-refractivity contribution in [1.82, 2.24) is 9.55 Å². The van der Waals surface area contributed by atoms with Crippen molar-refractivity contribution in [3.63, 3.8) is 0 Å². The molecule has 0 unspecified atom stereocenters. The van der Waals surface area contributed by atoms with E-state index in [2.05, 4.69) is 63.1 Å². The smallest absolute Gasteiger partial charge is 0.136 e. The third-order valence-corrected chi connectivity index (χ3v) is 4.46. The van der Waals surface area contributed by atoms with Gasteiger partial charge in [-0.05, 0) is 66.8 Å². The van der Waals surface area contributed by atoms with Crippen LogP contribution in [0, 0.1) is 17.4 Å². The highest BCUT2D eigenvalue weighted by Gasteiger charge is 2.09. The summed E-state index contributed by atoms with van der Waals surface area (Å²) >= 11 is 2.30. The van der Waals surface area contributed by atoms with Crippen molar-refractivity contribution in [2.45, 2.75) is 13.8 Å². The van der Waals surface area contributed by atoms with Gasteiger partial charge in [0.05, 0.1) is 5.69 Å². The van der Waals surface area contributed by atoms with Crippen molar-refractivity contribution in [2.75, 3.05) is 0 Å². The molecule has 1 aromatic carbocycles. The van der Waals surface area contributed by atoms with Crippen LogP contribution >= 0.6 is 22.6 Å². The molecule has 0 aliphatic heterocycles. The van der Waals surface area contributed by atoms with Crippen molar-refractivity contribution < 1.29 is 0 Å². The predicted octanol–water partition coefficient (Wildman–Crippen LogP) is 4.84. The summed E-state index contributed by atoms with van der Waals surface area (Å²) < 4.78 is 3.30. The molecule has 0 fully saturated rings. The van der Waals surface area contributed by atoms with E-state index in [1.54, 1.807) is 0 Å². The molecule has 0 bridgehead atoms. The molecule has 0 aliphatic rings. The van der Waals surface area contributed by atoms with Gasteiger partial charge < -0.3 is 4.57 Å². The Balaban J connectivity index is 1.99. The van der Waals surface area contributed by atoms with Gasteiger partial charge in [-0.2, -0.15) is 0 Å². The molecule has 22 heavy (non-hydrogen) atoms. The summed E-state index contributed by atoms with van der Waals surface area (Å²) in [6.45, 7) is 4.18. The van der Waals surface area contributed by atoms with Gasteiger partial charge in [0.25, 0.3) is 0 Å². The first-order valence-electron chi connectivity index (χ1n) is 7.06. The maximum absolute atomic E-state index is 4.62. The van der Waals surface area contributed by atoms with E-state index in [-0.39, 0.29) is 0 Å². The Morgan fingerprint density at radius 1 is 1.09 bits per heavy atom. The van der Waals surface area contributed by atoms with Gasteiger partial charge in [-0.3, -0.25) is 4.99 Å². The average molecular weight is 401 g/mol. The third-order valence-electron chi connectivity index (χ3n) is 3.54. The number of hydrogen-bond acceptors (Lipinski definition) is 2. The molecule has 3 aromatic rings. The zero-order valence-corrected chi connectivity index (χ0v) is 14.7. The maximum atomic E-state index is 4.62. The van der Waals surface area contributed by atoms with E-state index in [0.717, 1.165) is 32.0 Å². The van der Waals surface area contributed by atoms with Crippen LogP contribution < -0.4 is 0 Å². The first kappa shape index (κ1) is 15.0. The second-order valence-corrected chi connectivity index (χ2v) is 6.22. The summed E-state index contributed by atoms with van der Waals surface area (Å²) in [5, 5.41) is 0. The lowest BCUT2D eigenvalue weighted by molar-refractivity contribution is 0.921. The third kappa shape index (κ3) is 2.97. The number of aliphatic imine (C=N–C) groups is 1.